The molecule has 0 amide bonds. The summed E-state index contributed by atoms with van der Waals surface area (Å²) in [5.41, 5.74) is -2.48. The fourth-order valence-corrected chi connectivity index (χ4v) is 2.48. The molecular formula is C13H13F3O2S. The molecule has 0 fully saturated rings. The zero-order chi connectivity index (χ0) is 14.0. The molecule has 6 heteroatoms. The fourth-order valence-electron chi connectivity index (χ4n) is 2.11. The van der Waals surface area contributed by atoms with E-state index in [4.69, 9.17) is 4.18 Å². The molecular weight excluding hydrogens is 277 g/mol. The van der Waals surface area contributed by atoms with Gasteiger partial charge in [0, 0.05) is 12.0 Å². The second-order valence-corrected chi connectivity index (χ2v) is 5.31. The summed E-state index contributed by atoms with van der Waals surface area (Å²) < 4.78 is 41.1. The second kappa shape index (κ2) is 5.45. The van der Waals surface area contributed by atoms with Crippen LogP contribution in [0.15, 0.2) is 12.1 Å². The van der Waals surface area contributed by atoms with E-state index in [1.54, 1.807) is 19.1 Å². The highest BCUT2D eigenvalue weighted by atomic mass is 32.2. The van der Waals surface area contributed by atoms with Crippen molar-refractivity contribution in [2.45, 2.75) is 38.1 Å². The topological polar surface area (TPSA) is 26.3 Å². The van der Waals surface area contributed by atoms with Crippen molar-refractivity contribution in [1.29, 1.82) is 0 Å². The first-order chi connectivity index (χ1) is 8.87. The Bertz CT molecular complexity index is 497. The van der Waals surface area contributed by atoms with Crippen LogP contribution in [-0.4, -0.2) is 11.3 Å². The molecule has 19 heavy (non-hydrogen) atoms. The van der Waals surface area contributed by atoms with Crippen LogP contribution in [0.25, 0.3) is 0 Å². The van der Waals surface area contributed by atoms with Crippen molar-refractivity contribution in [3.63, 3.8) is 0 Å². The van der Waals surface area contributed by atoms with Gasteiger partial charge in [-0.05, 0) is 49.4 Å². The molecule has 0 saturated heterocycles. The van der Waals surface area contributed by atoms with Crippen LogP contribution in [0.1, 0.15) is 40.7 Å². The van der Waals surface area contributed by atoms with Crippen molar-refractivity contribution >= 4 is 17.8 Å². The number of aryl methyl sites for hydroxylation is 2. The highest BCUT2D eigenvalue weighted by molar-refractivity contribution is 7.95. The third-order valence-electron chi connectivity index (χ3n) is 3.03. The standard InChI is InChI=1S/C13H13F3O2S/c1-8-6-10-9(4-2-3-5-11(10)17)7-12(8)18-19-13(14,15)16/h6-7H,2-5H2,1H3. The van der Waals surface area contributed by atoms with Crippen molar-refractivity contribution in [2.75, 3.05) is 0 Å². The van der Waals surface area contributed by atoms with E-state index in [1.807, 2.05) is 0 Å². The minimum Gasteiger partial charge on any atom is -0.417 e. The summed E-state index contributed by atoms with van der Waals surface area (Å²) in [6, 6.07) is 3.20. The largest absolute Gasteiger partial charge is 0.479 e. The van der Waals surface area contributed by atoms with E-state index in [0.717, 1.165) is 18.4 Å². The number of hydrogen-bond donors (Lipinski definition) is 0. The highest BCUT2D eigenvalue weighted by Crippen LogP contribution is 2.35. The average Bonchev–Trinajstić information content (AvgIpc) is 2.48. The molecule has 0 saturated carbocycles. The summed E-state index contributed by atoms with van der Waals surface area (Å²) in [5, 5.41) is 0. The van der Waals surface area contributed by atoms with E-state index in [9.17, 15) is 18.0 Å². The summed E-state index contributed by atoms with van der Waals surface area (Å²) in [6.07, 6.45) is 2.89. The number of carbonyl (C=O) groups excluding carboxylic acids is 1. The Labute approximate surface area is 113 Å². The van der Waals surface area contributed by atoms with Crippen LogP contribution in [0.2, 0.25) is 0 Å². The molecule has 104 valence electrons. The quantitative estimate of drug-likeness (QED) is 0.594. The molecule has 0 aromatic heterocycles. The lowest BCUT2D eigenvalue weighted by molar-refractivity contribution is -0.0369. The molecule has 1 aromatic carbocycles. The maximum Gasteiger partial charge on any atom is 0.479 e. The average molecular weight is 290 g/mol. The van der Waals surface area contributed by atoms with Crippen LogP contribution < -0.4 is 4.18 Å². The van der Waals surface area contributed by atoms with Gasteiger partial charge < -0.3 is 4.18 Å². The molecule has 0 radical (unpaired) electrons. The minimum absolute atomic E-state index is 0.0608. The zero-order valence-electron chi connectivity index (χ0n) is 10.3. The van der Waals surface area contributed by atoms with Gasteiger partial charge in [-0.1, -0.05) is 0 Å². The van der Waals surface area contributed by atoms with Crippen molar-refractivity contribution in [3.8, 4) is 5.75 Å². The van der Waals surface area contributed by atoms with Gasteiger partial charge in [0.15, 0.2) is 17.8 Å². The number of rotatable bonds is 2. The monoisotopic (exact) mass is 290 g/mol. The smallest absolute Gasteiger partial charge is 0.417 e. The van der Waals surface area contributed by atoms with Crippen LogP contribution in [0.5, 0.6) is 5.75 Å². The number of halogens is 3. The van der Waals surface area contributed by atoms with Crippen LogP contribution in [0, 0.1) is 6.92 Å². The van der Waals surface area contributed by atoms with Gasteiger partial charge in [-0.2, -0.15) is 13.2 Å². The third kappa shape index (κ3) is 3.65. The normalized spacial score (nSPS) is 15.9. The Kier molecular flexibility index (Phi) is 4.08. The van der Waals surface area contributed by atoms with Gasteiger partial charge >= 0.3 is 5.51 Å². The van der Waals surface area contributed by atoms with Crippen LogP contribution in [0.3, 0.4) is 0 Å². The number of hydrogen-bond acceptors (Lipinski definition) is 3. The zero-order valence-corrected chi connectivity index (χ0v) is 11.2. The Balaban J connectivity index is 2.27. The SMILES string of the molecule is Cc1cc2c(cc1OSC(F)(F)F)CCCCC2=O. The molecule has 0 atom stereocenters. The number of ketones is 1. The Morgan fingerprint density at radius 3 is 2.58 bits per heavy atom. The number of alkyl halides is 3. The lowest BCUT2D eigenvalue weighted by Gasteiger charge is -2.12. The van der Waals surface area contributed by atoms with E-state index < -0.39 is 17.6 Å². The summed E-state index contributed by atoms with van der Waals surface area (Å²) in [6.45, 7) is 1.64. The van der Waals surface area contributed by atoms with Crippen LogP contribution in [-0.2, 0) is 6.42 Å². The van der Waals surface area contributed by atoms with Gasteiger partial charge in [-0.15, -0.1) is 0 Å². The molecule has 0 heterocycles. The van der Waals surface area contributed by atoms with Gasteiger partial charge in [0.25, 0.3) is 0 Å². The van der Waals surface area contributed by atoms with Crippen molar-refractivity contribution in [1.82, 2.24) is 0 Å². The van der Waals surface area contributed by atoms with Crippen LogP contribution in [0.4, 0.5) is 13.2 Å². The molecule has 1 aliphatic rings. The Morgan fingerprint density at radius 1 is 1.21 bits per heavy atom. The molecule has 2 rings (SSSR count). The number of Topliss-reactive ketones (excluding diaryl/α,β-unsaturated/α-hetero) is 1. The summed E-state index contributed by atoms with van der Waals surface area (Å²) in [5.74, 6) is 0.237. The first-order valence-corrected chi connectivity index (χ1v) is 6.70. The summed E-state index contributed by atoms with van der Waals surface area (Å²) in [4.78, 5) is 11.9. The molecule has 0 spiro atoms. The number of benzene rings is 1. The maximum atomic E-state index is 12.1. The van der Waals surface area contributed by atoms with Gasteiger partial charge in [0.1, 0.15) is 5.75 Å². The molecule has 0 N–H and O–H groups in total. The van der Waals surface area contributed by atoms with Gasteiger partial charge in [-0.25, -0.2) is 0 Å². The lowest BCUT2D eigenvalue weighted by Crippen LogP contribution is -2.05. The van der Waals surface area contributed by atoms with Crippen LogP contribution >= 0.6 is 12.0 Å². The van der Waals surface area contributed by atoms with Crippen molar-refractivity contribution < 1.29 is 22.1 Å². The van der Waals surface area contributed by atoms with Gasteiger partial charge in [-0.3, -0.25) is 4.79 Å². The van der Waals surface area contributed by atoms with E-state index in [0.29, 0.717) is 24.0 Å². The highest BCUT2D eigenvalue weighted by Gasteiger charge is 2.32. The minimum atomic E-state index is -4.44. The van der Waals surface area contributed by atoms with Crippen molar-refractivity contribution in [3.05, 3.63) is 28.8 Å². The molecule has 0 bridgehead atoms. The van der Waals surface area contributed by atoms with E-state index in [2.05, 4.69) is 0 Å². The maximum absolute atomic E-state index is 12.1. The van der Waals surface area contributed by atoms with E-state index in [-0.39, 0.29) is 11.5 Å². The molecule has 0 unspecified atom stereocenters. The fraction of sp³-hybridized carbons (Fsp3) is 0.462. The third-order valence-corrected chi connectivity index (χ3v) is 3.48. The molecule has 1 aliphatic carbocycles. The number of carbonyl (C=O) groups is 1. The van der Waals surface area contributed by atoms with Gasteiger partial charge in [0.2, 0.25) is 0 Å². The first-order valence-electron chi connectivity index (χ1n) is 5.96. The van der Waals surface area contributed by atoms with E-state index in [1.165, 1.54) is 0 Å². The Hall–Kier alpha value is -1.17. The first kappa shape index (κ1) is 14.2. The number of fused-ring (bicyclic) bond motifs is 1. The lowest BCUT2D eigenvalue weighted by atomic mass is 9.99. The summed E-state index contributed by atoms with van der Waals surface area (Å²) in [7, 11) is 0. The molecule has 2 nitrogen and oxygen atoms in total. The second-order valence-electron chi connectivity index (χ2n) is 4.52. The Morgan fingerprint density at radius 2 is 1.89 bits per heavy atom. The van der Waals surface area contributed by atoms with Crippen molar-refractivity contribution in [2.24, 2.45) is 0 Å². The van der Waals surface area contributed by atoms with E-state index >= 15 is 0 Å². The predicted octanol–water partition coefficient (Wildman–Crippen LogP) is 4.45. The van der Waals surface area contributed by atoms with Gasteiger partial charge in [0.05, 0.1) is 0 Å². The summed E-state index contributed by atoms with van der Waals surface area (Å²) >= 11 is -0.527. The molecule has 1 aromatic rings. The predicted molar refractivity (Wildman–Crippen MR) is 67.3 cm³/mol. The molecule has 0 aliphatic heterocycles.